The van der Waals surface area contributed by atoms with E-state index >= 15 is 4.39 Å². The number of halogens is 1. The molecular formula is C48H35FN4. The molecule has 0 fully saturated rings. The number of hydrogen-bond donors (Lipinski definition) is 0. The van der Waals surface area contributed by atoms with Crippen molar-refractivity contribution in [1.82, 2.24) is 19.5 Å². The zero-order valence-corrected chi connectivity index (χ0v) is 29.7. The van der Waals surface area contributed by atoms with E-state index in [2.05, 4.69) is 86.0 Å². The summed E-state index contributed by atoms with van der Waals surface area (Å²) < 4.78 is 17.8. The highest BCUT2D eigenvalue weighted by molar-refractivity contribution is 6.11. The van der Waals surface area contributed by atoms with Crippen molar-refractivity contribution >= 4 is 21.8 Å². The highest BCUT2D eigenvalue weighted by Crippen LogP contribution is 2.40. The Bertz CT molecular complexity index is 2740. The van der Waals surface area contributed by atoms with Gasteiger partial charge < -0.3 is 4.57 Å². The maximum atomic E-state index is 15.5. The topological polar surface area (TPSA) is 43.6 Å². The Morgan fingerprint density at radius 1 is 0.434 bits per heavy atom. The SMILES string of the molecule is Cc1cc(C)c(-c2ccc3c4ccccc4n(-c4cc(-c5ccccc5F)ccc4-c4nc(-c5ccccc5)nc(-c5ccccc5)n4)c3c2)c(C)c1. The molecule has 53 heavy (non-hydrogen) atoms. The number of hydrogen-bond acceptors (Lipinski definition) is 3. The van der Waals surface area contributed by atoms with Crippen LogP contribution in [-0.2, 0) is 0 Å². The van der Waals surface area contributed by atoms with Crippen molar-refractivity contribution in [2.24, 2.45) is 0 Å². The summed E-state index contributed by atoms with van der Waals surface area (Å²) in [4.78, 5) is 15.2. The Hall–Kier alpha value is -6.72. The van der Waals surface area contributed by atoms with Crippen LogP contribution in [0.5, 0.6) is 0 Å². The summed E-state index contributed by atoms with van der Waals surface area (Å²) >= 11 is 0. The van der Waals surface area contributed by atoms with Gasteiger partial charge in [0.25, 0.3) is 0 Å². The Morgan fingerprint density at radius 2 is 1.00 bits per heavy atom. The minimum Gasteiger partial charge on any atom is -0.308 e. The van der Waals surface area contributed by atoms with Crippen LogP contribution in [0.1, 0.15) is 16.7 Å². The molecule has 0 saturated heterocycles. The number of nitrogens with zero attached hydrogens (tertiary/aromatic N) is 4. The van der Waals surface area contributed by atoms with Crippen molar-refractivity contribution < 1.29 is 4.39 Å². The molecule has 9 aromatic rings. The Balaban J connectivity index is 1.37. The molecule has 0 bridgehead atoms. The lowest BCUT2D eigenvalue weighted by molar-refractivity contribution is 0.631. The van der Waals surface area contributed by atoms with Crippen LogP contribution in [0.25, 0.3) is 83.9 Å². The molecule has 2 aromatic heterocycles. The van der Waals surface area contributed by atoms with Gasteiger partial charge in [0, 0.05) is 33.0 Å². The predicted octanol–water partition coefficient (Wildman–Crippen LogP) is 12.4. The maximum absolute atomic E-state index is 15.5. The van der Waals surface area contributed by atoms with E-state index in [1.807, 2.05) is 84.9 Å². The summed E-state index contributed by atoms with van der Waals surface area (Å²) in [5.41, 5.74) is 12.9. The van der Waals surface area contributed by atoms with Gasteiger partial charge in [0.05, 0.1) is 16.7 Å². The molecule has 0 unspecified atom stereocenters. The van der Waals surface area contributed by atoms with E-state index in [0.717, 1.165) is 55.3 Å². The van der Waals surface area contributed by atoms with Gasteiger partial charge >= 0.3 is 0 Å². The lowest BCUT2D eigenvalue weighted by Gasteiger charge is -2.17. The van der Waals surface area contributed by atoms with Gasteiger partial charge in [0.15, 0.2) is 17.5 Å². The third kappa shape index (κ3) is 5.77. The predicted molar refractivity (Wildman–Crippen MR) is 216 cm³/mol. The largest absolute Gasteiger partial charge is 0.308 e. The Morgan fingerprint density at radius 3 is 1.68 bits per heavy atom. The molecule has 9 rings (SSSR count). The van der Waals surface area contributed by atoms with Crippen LogP contribution < -0.4 is 0 Å². The second-order valence-electron chi connectivity index (χ2n) is 13.6. The number of rotatable bonds is 6. The van der Waals surface area contributed by atoms with Crippen molar-refractivity contribution in [3.05, 3.63) is 180 Å². The maximum Gasteiger partial charge on any atom is 0.166 e. The van der Waals surface area contributed by atoms with Gasteiger partial charge in [-0.15, -0.1) is 0 Å². The lowest BCUT2D eigenvalue weighted by atomic mass is 9.93. The molecule has 0 atom stereocenters. The molecule has 4 nitrogen and oxygen atoms in total. The third-order valence-corrected chi connectivity index (χ3v) is 10.0. The van der Waals surface area contributed by atoms with E-state index in [1.54, 1.807) is 6.07 Å². The van der Waals surface area contributed by atoms with Crippen LogP contribution in [0.2, 0.25) is 0 Å². The highest BCUT2D eigenvalue weighted by Gasteiger charge is 2.21. The van der Waals surface area contributed by atoms with E-state index in [9.17, 15) is 0 Å². The smallest absolute Gasteiger partial charge is 0.166 e. The van der Waals surface area contributed by atoms with Crippen LogP contribution >= 0.6 is 0 Å². The molecule has 0 saturated carbocycles. The monoisotopic (exact) mass is 686 g/mol. The van der Waals surface area contributed by atoms with Crippen molar-refractivity contribution in [1.29, 1.82) is 0 Å². The minimum atomic E-state index is -0.279. The first-order chi connectivity index (χ1) is 25.9. The Kier molecular flexibility index (Phi) is 7.97. The van der Waals surface area contributed by atoms with Crippen LogP contribution in [-0.4, -0.2) is 19.5 Å². The molecule has 7 aromatic carbocycles. The van der Waals surface area contributed by atoms with Crippen LogP contribution in [0, 0.1) is 26.6 Å². The van der Waals surface area contributed by atoms with Crippen molar-refractivity contribution in [2.45, 2.75) is 20.8 Å². The molecule has 5 heteroatoms. The van der Waals surface area contributed by atoms with Crippen LogP contribution in [0.15, 0.2) is 158 Å². The first-order valence-electron chi connectivity index (χ1n) is 17.8. The second kappa shape index (κ2) is 13.1. The van der Waals surface area contributed by atoms with Gasteiger partial charge in [-0.2, -0.15) is 0 Å². The van der Waals surface area contributed by atoms with E-state index in [1.165, 1.54) is 28.3 Å². The lowest BCUT2D eigenvalue weighted by Crippen LogP contribution is -2.04. The van der Waals surface area contributed by atoms with E-state index in [4.69, 9.17) is 15.0 Å². The summed E-state index contributed by atoms with van der Waals surface area (Å²) in [7, 11) is 0. The molecule has 0 amide bonds. The number of para-hydroxylation sites is 1. The molecule has 0 N–H and O–H groups in total. The second-order valence-corrected chi connectivity index (χ2v) is 13.6. The molecule has 0 spiro atoms. The fourth-order valence-corrected chi connectivity index (χ4v) is 7.72. The van der Waals surface area contributed by atoms with E-state index < -0.39 is 0 Å². The summed E-state index contributed by atoms with van der Waals surface area (Å²) in [5, 5.41) is 2.25. The molecule has 0 radical (unpaired) electrons. The normalized spacial score (nSPS) is 11.4. The van der Waals surface area contributed by atoms with Crippen molar-refractivity contribution in [3.63, 3.8) is 0 Å². The van der Waals surface area contributed by atoms with Gasteiger partial charge in [-0.05, 0) is 78.9 Å². The molecule has 0 aliphatic rings. The number of aromatic nitrogens is 4. The average Bonchev–Trinajstić information content (AvgIpc) is 3.51. The summed E-state index contributed by atoms with van der Waals surface area (Å²) in [6, 6.07) is 52.7. The van der Waals surface area contributed by atoms with E-state index in [-0.39, 0.29) is 5.82 Å². The third-order valence-electron chi connectivity index (χ3n) is 10.0. The molecule has 2 heterocycles. The first kappa shape index (κ1) is 32.2. The van der Waals surface area contributed by atoms with Gasteiger partial charge in [0.2, 0.25) is 0 Å². The fraction of sp³-hybridized carbons (Fsp3) is 0.0625. The van der Waals surface area contributed by atoms with Gasteiger partial charge in [-0.25, -0.2) is 19.3 Å². The minimum absolute atomic E-state index is 0.279. The quantitative estimate of drug-likeness (QED) is 0.175. The fourth-order valence-electron chi connectivity index (χ4n) is 7.72. The molecule has 0 aliphatic heterocycles. The summed E-state index contributed by atoms with van der Waals surface area (Å²) in [6.07, 6.45) is 0. The van der Waals surface area contributed by atoms with Crippen molar-refractivity contribution in [2.75, 3.05) is 0 Å². The van der Waals surface area contributed by atoms with Crippen LogP contribution in [0.3, 0.4) is 0 Å². The number of fused-ring (bicyclic) bond motifs is 3. The summed E-state index contributed by atoms with van der Waals surface area (Å²) in [6.45, 7) is 6.50. The van der Waals surface area contributed by atoms with Gasteiger partial charge in [0.1, 0.15) is 5.82 Å². The van der Waals surface area contributed by atoms with Crippen molar-refractivity contribution in [3.8, 4) is 62.1 Å². The molecular weight excluding hydrogens is 652 g/mol. The standard InChI is InChI=1S/C48H35FN4/c1-30-26-31(2)45(32(3)27-30)36-23-24-39-38-19-11-13-21-42(38)53(43(39)29-36)44-28-35(37-18-10-12-20-41(37)49)22-25-40(44)48-51-46(33-14-6-4-7-15-33)50-47(52-48)34-16-8-5-9-17-34/h4-29H,1-3H3. The average molecular weight is 687 g/mol. The van der Waals surface area contributed by atoms with Crippen LogP contribution in [0.4, 0.5) is 4.39 Å². The molecule has 254 valence electrons. The highest BCUT2D eigenvalue weighted by atomic mass is 19.1. The summed E-state index contributed by atoms with van der Waals surface area (Å²) in [5.74, 6) is 1.40. The number of benzene rings is 7. The Labute approximate surface area is 307 Å². The zero-order valence-electron chi connectivity index (χ0n) is 29.7. The first-order valence-corrected chi connectivity index (χ1v) is 17.8. The van der Waals surface area contributed by atoms with Gasteiger partial charge in [-0.1, -0.05) is 133 Å². The van der Waals surface area contributed by atoms with E-state index in [0.29, 0.717) is 23.0 Å². The van der Waals surface area contributed by atoms with Gasteiger partial charge in [-0.3, -0.25) is 0 Å². The molecule has 0 aliphatic carbocycles. The number of aryl methyl sites for hydroxylation is 3. The zero-order chi connectivity index (χ0) is 36.1.